The van der Waals surface area contributed by atoms with E-state index in [1.54, 1.807) is 17.4 Å². The molecule has 2 heterocycles. The molecule has 0 aliphatic carbocycles. The molecule has 2 N–H and O–H groups in total. The minimum Gasteiger partial charge on any atom is -1.00 e. The fraction of sp³-hybridized carbons (Fsp3) is 0.364. The van der Waals surface area contributed by atoms with Crippen molar-refractivity contribution >= 4 is 17.2 Å². The van der Waals surface area contributed by atoms with Gasteiger partial charge in [0, 0.05) is 23.3 Å². The van der Waals surface area contributed by atoms with Crippen LogP contribution >= 0.6 is 11.3 Å². The van der Waals surface area contributed by atoms with Crippen molar-refractivity contribution in [1.29, 1.82) is 0 Å². The molecule has 1 aromatic rings. The van der Waals surface area contributed by atoms with E-state index in [1.165, 1.54) is 10.4 Å². The first kappa shape index (κ1) is 13.2. The van der Waals surface area contributed by atoms with Crippen molar-refractivity contribution in [3.05, 3.63) is 34.0 Å². The van der Waals surface area contributed by atoms with Gasteiger partial charge in [-0.25, -0.2) is 0 Å². The molecule has 5 heteroatoms. The Hall–Kier alpha value is -0.840. The van der Waals surface area contributed by atoms with E-state index in [2.05, 4.69) is 17.2 Å². The fourth-order valence-corrected chi connectivity index (χ4v) is 2.76. The van der Waals surface area contributed by atoms with Gasteiger partial charge in [-0.15, -0.1) is 17.9 Å². The lowest BCUT2D eigenvalue weighted by atomic mass is 10.0. The lowest BCUT2D eigenvalue weighted by Gasteiger charge is -2.13. The first-order valence-electron chi connectivity index (χ1n) is 5.02. The molecule has 88 valence electrons. The summed E-state index contributed by atoms with van der Waals surface area (Å²) in [6.45, 7) is 5.97. The second-order valence-corrected chi connectivity index (χ2v) is 4.44. The summed E-state index contributed by atoms with van der Waals surface area (Å²) < 4.78 is 0. The smallest absolute Gasteiger partial charge is 0.252 e. The minimum absolute atomic E-state index is 0. The molecule has 0 aromatic carbocycles. The van der Waals surface area contributed by atoms with Gasteiger partial charge in [0.15, 0.2) is 0 Å². The summed E-state index contributed by atoms with van der Waals surface area (Å²) in [5.74, 6) is 0.0225. The molecule has 1 aliphatic rings. The molecule has 1 amide bonds. The van der Waals surface area contributed by atoms with Crippen LogP contribution in [0.4, 0.5) is 0 Å². The summed E-state index contributed by atoms with van der Waals surface area (Å²) >= 11 is 1.66. The van der Waals surface area contributed by atoms with E-state index in [-0.39, 0.29) is 18.3 Å². The predicted octanol–water partition coefficient (Wildman–Crippen LogP) is -1.69. The van der Waals surface area contributed by atoms with E-state index < -0.39 is 0 Å². The number of thiophene rings is 1. The zero-order valence-electron chi connectivity index (χ0n) is 8.88. The highest BCUT2D eigenvalue weighted by Crippen LogP contribution is 2.25. The Morgan fingerprint density at radius 1 is 1.69 bits per heavy atom. The van der Waals surface area contributed by atoms with Gasteiger partial charge < -0.3 is 23.0 Å². The van der Waals surface area contributed by atoms with Crippen LogP contribution in [-0.4, -0.2) is 19.0 Å². The summed E-state index contributed by atoms with van der Waals surface area (Å²) in [6.07, 6.45) is 2.65. The Labute approximate surface area is 105 Å². The molecule has 0 bridgehead atoms. The van der Waals surface area contributed by atoms with E-state index in [1.807, 2.05) is 5.38 Å². The topological polar surface area (TPSA) is 41.1 Å². The highest BCUT2D eigenvalue weighted by Gasteiger charge is 2.19. The number of fused-ring (bicyclic) bond motifs is 1. The first-order chi connectivity index (χ1) is 7.33. The molecule has 0 unspecified atom stereocenters. The van der Waals surface area contributed by atoms with Crippen molar-refractivity contribution in [1.82, 2.24) is 10.6 Å². The molecule has 16 heavy (non-hydrogen) atoms. The van der Waals surface area contributed by atoms with Gasteiger partial charge in [-0.3, -0.25) is 4.79 Å². The molecular formula is C11H14ClN2OS-. The van der Waals surface area contributed by atoms with Crippen molar-refractivity contribution in [3.8, 4) is 0 Å². The Balaban J connectivity index is 0.00000128. The summed E-state index contributed by atoms with van der Waals surface area (Å²) in [5.41, 5.74) is 2.07. The first-order valence-corrected chi connectivity index (χ1v) is 5.90. The van der Waals surface area contributed by atoms with Crippen molar-refractivity contribution in [2.24, 2.45) is 0 Å². The Bertz CT molecular complexity index is 389. The van der Waals surface area contributed by atoms with Gasteiger partial charge in [-0.05, 0) is 18.5 Å². The predicted molar refractivity (Wildman–Crippen MR) is 62.3 cm³/mol. The highest BCUT2D eigenvalue weighted by atomic mass is 35.5. The highest BCUT2D eigenvalue weighted by molar-refractivity contribution is 7.10. The van der Waals surface area contributed by atoms with Gasteiger partial charge in [0.05, 0.1) is 5.56 Å². The normalized spacial score (nSPS) is 13.5. The molecule has 0 saturated carbocycles. The summed E-state index contributed by atoms with van der Waals surface area (Å²) in [7, 11) is 0. The second-order valence-electron chi connectivity index (χ2n) is 3.48. The SMILES string of the molecule is C=CCNC(=O)c1csc2c1CCNC2.[Cl-]. The van der Waals surface area contributed by atoms with Crippen LogP contribution in [0, 0.1) is 0 Å². The Kier molecular flexibility index (Phi) is 4.99. The van der Waals surface area contributed by atoms with Gasteiger partial charge >= 0.3 is 0 Å². The molecule has 0 spiro atoms. The van der Waals surface area contributed by atoms with Crippen molar-refractivity contribution < 1.29 is 17.2 Å². The largest absolute Gasteiger partial charge is 1.00 e. The molecule has 2 rings (SSSR count). The minimum atomic E-state index is 0. The van der Waals surface area contributed by atoms with E-state index in [9.17, 15) is 4.79 Å². The van der Waals surface area contributed by atoms with Gasteiger partial charge in [-0.2, -0.15) is 0 Å². The molecule has 0 atom stereocenters. The molecule has 3 nitrogen and oxygen atoms in total. The number of halogens is 1. The molecule has 0 fully saturated rings. The van der Waals surface area contributed by atoms with Crippen LogP contribution in [0.5, 0.6) is 0 Å². The monoisotopic (exact) mass is 257 g/mol. The van der Waals surface area contributed by atoms with Crippen LogP contribution < -0.4 is 23.0 Å². The van der Waals surface area contributed by atoms with E-state index in [4.69, 9.17) is 0 Å². The molecule has 1 aliphatic heterocycles. The van der Waals surface area contributed by atoms with Gasteiger partial charge in [-0.1, -0.05) is 6.08 Å². The summed E-state index contributed by atoms with van der Waals surface area (Å²) in [6, 6.07) is 0. The third kappa shape index (κ3) is 2.64. The summed E-state index contributed by atoms with van der Waals surface area (Å²) in [4.78, 5) is 13.1. The quantitative estimate of drug-likeness (QED) is 0.635. The Morgan fingerprint density at radius 3 is 3.25 bits per heavy atom. The van der Waals surface area contributed by atoms with Crippen LogP contribution in [0.1, 0.15) is 20.8 Å². The maximum Gasteiger partial charge on any atom is 0.252 e. The van der Waals surface area contributed by atoms with Crippen LogP contribution in [0.15, 0.2) is 18.0 Å². The number of carbonyl (C=O) groups excluding carboxylic acids is 1. The van der Waals surface area contributed by atoms with Gasteiger partial charge in [0.2, 0.25) is 0 Å². The average molecular weight is 258 g/mol. The number of hydrogen-bond acceptors (Lipinski definition) is 3. The molecule has 1 aromatic heterocycles. The van der Waals surface area contributed by atoms with Crippen LogP contribution in [0.3, 0.4) is 0 Å². The third-order valence-electron chi connectivity index (χ3n) is 2.47. The summed E-state index contributed by atoms with van der Waals surface area (Å²) in [5, 5.41) is 8.07. The molecule has 0 saturated heterocycles. The van der Waals surface area contributed by atoms with E-state index in [0.717, 1.165) is 25.1 Å². The third-order valence-corrected chi connectivity index (χ3v) is 3.50. The maximum atomic E-state index is 11.8. The zero-order chi connectivity index (χ0) is 10.7. The lowest BCUT2D eigenvalue weighted by molar-refractivity contribution is -0.0000114. The van der Waals surface area contributed by atoms with E-state index in [0.29, 0.717) is 6.54 Å². The van der Waals surface area contributed by atoms with Crippen molar-refractivity contribution in [2.75, 3.05) is 13.1 Å². The number of nitrogens with one attached hydrogen (secondary N) is 2. The maximum absolute atomic E-state index is 11.8. The standard InChI is InChI=1S/C11H14N2OS.ClH/c1-2-4-13-11(14)9-7-15-10-6-12-5-3-8(9)10;/h2,7,12H,1,3-6H2,(H,13,14);1H/p-1. The number of carbonyl (C=O) groups is 1. The van der Waals surface area contributed by atoms with Crippen molar-refractivity contribution in [2.45, 2.75) is 13.0 Å². The van der Waals surface area contributed by atoms with Gasteiger partial charge in [0.25, 0.3) is 5.91 Å². The second kappa shape index (κ2) is 6.03. The zero-order valence-corrected chi connectivity index (χ0v) is 10.5. The number of amides is 1. The average Bonchev–Trinajstić information content (AvgIpc) is 2.69. The van der Waals surface area contributed by atoms with Crippen LogP contribution in [0.25, 0.3) is 0 Å². The lowest BCUT2D eigenvalue weighted by Crippen LogP contribution is -3.00. The number of hydrogen-bond donors (Lipinski definition) is 2. The number of rotatable bonds is 3. The molecule has 0 radical (unpaired) electrons. The fourth-order valence-electron chi connectivity index (χ4n) is 1.71. The van der Waals surface area contributed by atoms with Crippen molar-refractivity contribution in [3.63, 3.8) is 0 Å². The van der Waals surface area contributed by atoms with E-state index >= 15 is 0 Å². The Morgan fingerprint density at radius 2 is 2.50 bits per heavy atom. The van der Waals surface area contributed by atoms with Gasteiger partial charge in [0.1, 0.15) is 0 Å². The van der Waals surface area contributed by atoms with Crippen LogP contribution in [0.2, 0.25) is 0 Å². The van der Waals surface area contributed by atoms with Crippen LogP contribution in [-0.2, 0) is 13.0 Å². The molecular weight excluding hydrogens is 244 g/mol.